The quantitative estimate of drug-likeness (QED) is 0.0222. The van der Waals surface area contributed by atoms with Crippen LogP contribution >= 0.6 is 15.6 Å². The topological polar surface area (TPSA) is 237 Å². The van der Waals surface area contributed by atoms with Crippen LogP contribution in [-0.2, 0) is 65.4 Å². The van der Waals surface area contributed by atoms with Gasteiger partial charge in [-0.1, -0.05) is 299 Å². The lowest BCUT2D eigenvalue weighted by Gasteiger charge is -2.21. The molecule has 0 aliphatic rings. The minimum atomic E-state index is -4.95. The first kappa shape index (κ1) is 88.1. The van der Waals surface area contributed by atoms with E-state index in [1.165, 1.54) is 148 Å². The van der Waals surface area contributed by atoms with Crippen molar-refractivity contribution in [2.24, 2.45) is 23.7 Å². The van der Waals surface area contributed by atoms with Crippen LogP contribution in [0.2, 0.25) is 0 Å². The van der Waals surface area contributed by atoms with E-state index < -0.39 is 97.5 Å². The Balaban J connectivity index is 5.28. The van der Waals surface area contributed by atoms with Crippen molar-refractivity contribution in [3.8, 4) is 0 Å². The van der Waals surface area contributed by atoms with E-state index in [1.807, 2.05) is 0 Å². The molecule has 3 N–H and O–H groups in total. The Morgan fingerprint density at radius 3 is 0.789 bits per heavy atom. The summed E-state index contributed by atoms with van der Waals surface area (Å²) >= 11 is 0. The van der Waals surface area contributed by atoms with Gasteiger partial charge < -0.3 is 33.8 Å². The molecule has 17 nitrogen and oxygen atoms in total. The summed E-state index contributed by atoms with van der Waals surface area (Å²) in [6.07, 6.45) is 42.9. The molecule has 0 aliphatic heterocycles. The van der Waals surface area contributed by atoms with Gasteiger partial charge in [-0.2, -0.15) is 0 Å². The van der Waals surface area contributed by atoms with Crippen LogP contribution < -0.4 is 0 Å². The van der Waals surface area contributed by atoms with E-state index in [1.54, 1.807) is 0 Å². The van der Waals surface area contributed by atoms with E-state index in [4.69, 9.17) is 37.0 Å². The largest absolute Gasteiger partial charge is 0.472 e. The monoisotopic (exact) mass is 1320 g/mol. The van der Waals surface area contributed by atoms with Crippen molar-refractivity contribution in [2.75, 3.05) is 39.6 Å². The molecular formula is C71H138O17P2. The van der Waals surface area contributed by atoms with Gasteiger partial charge >= 0.3 is 39.5 Å². The fraction of sp³-hybridized carbons (Fsp3) is 0.944. The Morgan fingerprint density at radius 1 is 0.311 bits per heavy atom. The van der Waals surface area contributed by atoms with Crippen LogP contribution in [0.1, 0.15) is 351 Å². The molecule has 0 aromatic rings. The molecular weight excluding hydrogens is 1190 g/mol. The summed E-state index contributed by atoms with van der Waals surface area (Å²) in [5.74, 6) is 0.945. The summed E-state index contributed by atoms with van der Waals surface area (Å²) in [4.78, 5) is 72.6. The molecule has 0 saturated heterocycles. The van der Waals surface area contributed by atoms with Crippen molar-refractivity contribution < 1.29 is 80.2 Å². The molecule has 0 rings (SSSR count). The van der Waals surface area contributed by atoms with Gasteiger partial charge in [0.2, 0.25) is 0 Å². The Kier molecular flexibility index (Phi) is 59.4. The highest BCUT2D eigenvalue weighted by Crippen LogP contribution is 2.45. The predicted octanol–water partition coefficient (Wildman–Crippen LogP) is 20.1. The van der Waals surface area contributed by atoms with E-state index in [2.05, 4.69) is 55.4 Å². The van der Waals surface area contributed by atoms with Gasteiger partial charge in [-0.3, -0.25) is 37.3 Å². The second kappa shape index (κ2) is 60.7. The van der Waals surface area contributed by atoms with Gasteiger partial charge in [0.15, 0.2) is 12.2 Å². The van der Waals surface area contributed by atoms with Gasteiger partial charge in [0.25, 0.3) is 0 Å². The van der Waals surface area contributed by atoms with Crippen molar-refractivity contribution in [1.82, 2.24) is 0 Å². The fourth-order valence-electron chi connectivity index (χ4n) is 10.6. The molecule has 5 unspecified atom stereocenters. The van der Waals surface area contributed by atoms with Crippen molar-refractivity contribution in [3.63, 3.8) is 0 Å². The molecule has 0 bridgehead atoms. The summed E-state index contributed by atoms with van der Waals surface area (Å²) < 4.78 is 68.3. The van der Waals surface area contributed by atoms with E-state index in [9.17, 15) is 43.2 Å². The van der Waals surface area contributed by atoms with Gasteiger partial charge in [-0.15, -0.1) is 0 Å². The highest BCUT2D eigenvalue weighted by Gasteiger charge is 2.30. The zero-order valence-corrected chi connectivity index (χ0v) is 60.6. The number of unbranched alkanes of at least 4 members (excludes halogenated alkanes) is 31. The third kappa shape index (κ3) is 61.0. The maximum atomic E-state index is 13.0. The summed E-state index contributed by atoms with van der Waals surface area (Å²) in [7, 11) is -9.91. The molecule has 19 heteroatoms. The van der Waals surface area contributed by atoms with Crippen LogP contribution in [-0.4, -0.2) is 96.7 Å². The number of hydrogen-bond acceptors (Lipinski definition) is 15. The molecule has 0 amide bonds. The molecule has 0 aliphatic carbocycles. The highest BCUT2D eigenvalue weighted by molar-refractivity contribution is 7.47. The molecule has 0 radical (unpaired) electrons. The van der Waals surface area contributed by atoms with Crippen LogP contribution in [0.4, 0.5) is 0 Å². The Morgan fingerprint density at radius 2 is 0.533 bits per heavy atom. The van der Waals surface area contributed by atoms with Gasteiger partial charge in [-0.05, 0) is 49.4 Å². The number of aliphatic hydroxyl groups is 1. The second-order valence-corrected chi connectivity index (χ2v) is 29.7. The average Bonchev–Trinajstić information content (AvgIpc) is 3.15. The molecule has 0 fully saturated rings. The summed E-state index contributed by atoms with van der Waals surface area (Å²) in [5.41, 5.74) is 0. The first-order chi connectivity index (χ1) is 43.2. The number of ether oxygens (including phenoxy) is 4. The molecule has 0 aromatic heterocycles. The molecule has 534 valence electrons. The van der Waals surface area contributed by atoms with Crippen molar-refractivity contribution in [2.45, 2.75) is 369 Å². The number of phosphoric ester groups is 2. The third-order valence-electron chi connectivity index (χ3n) is 17.4. The summed E-state index contributed by atoms with van der Waals surface area (Å²) in [6.45, 7) is 14.1. The van der Waals surface area contributed by atoms with Crippen LogP contribution in [0.3, 0.4) is 0 Å². The Hall–Kier alpha value is -1.94. The number of rotatable bonds is 68. The SMILES string of the molecule is CCC(C)CCCCCCCCCCCCC(=O)O[C@H](COC(=O)CCCCCCCCCCCCCC(C)C)COP(=O)(O)OC[C@@H](O)COP(=O)(O)OC[C@@H](COC(=O)CCCCCCCCC(C)CC)OC(=O)CCCCCCCCCCC(C)CC. The summed E-state index contributed by atoms with van der Waals surface area (Å²) in [5, 5.41) is 10.6. The van der Waals surface area contributed by atoms with E-state index in [0.717, 1.165) is 120 Å². The lowest BCUT2D eigenvalue weighted by Crippen LogP contribution is -2.30. The maximum absolute atomic E-state index is 13.0. The van der Waals surface area contributed by atoms with Crippen LogP contribution in [0.15, 0.2) is 0 Å². The molecule has 0 heterocycles. The fourth-order valence-corrected chi connectivity index (χ4v) is 12.1. The normalized spacial score (nSPS) is 15.2. The lowest BCUT2D eigenvalue weighted by atomic mass is 9.99. The zero-order chi connectivity index (χ0) is 66.8. The van der Waals surface area contributed by atoms with Crippen molar-refractivity contribution in [3.05, 3.63) is 0 Å². The van der Waals surface area contributed by atoms with E-state index in [0.29, 0.717) is 25.7 Å². The molecule has 8 atom stereocenters. The second-order valence-electron chi connectivity index (χ2n) is 26.8. The predicted molar refractivity (Wildman–Crippen MR) is 363 cm³/mol. The minimum Gasteiger partial charge on any atom is -0.462 e. The van der Waals surface area contributed by atoms with Gasteiger partial charge in [0, 0.05) is 25.7 Å². The number of phosphoric acid groups is 2. The van der Waals surface area contributed by atoms with Crippen LogP contribution in [0, 0.1) is 23.7 Å². The van der Waals surface area contributed by atoms with Crippen LogP contribution in [0.25, 0.3) is 0 Å². The number of aliphatic hydroxyl groups excluding tert-OH is 1. The average molecular weight is 1330 g/mol. The van der Waals surface area contributed by atoms with E-state index in [-0.39, 0.29) is 25.7 Å². The van der Waals surface area contributed by atoms with Crippen LogP contribution in [0.5, 0.6) is 0 Å². The van der Waals surface area contributed by atoms with Gasteiger partial charge in [-0.25, -0.2) is 9.13 Å². The van der Waals surface area contributed by atoms with Gasteiger partial charge in [0.1, 0.15) is 19.3 Å². The zero-order valence-electron chi connectivity index (χ0n) is 58.8. The third-order valence-corrected chi connectivity index (χ3v) is 19.3. The van der Waals surface area contributed by atoms with Crippen molar-refractivity contribution in [1.29, 1.82) is 0 Å². The molecule has 90 heavy (non-hydrogen) atoms. The number of esters is 4. The Bertz CT molecular complexity index is 1790. The molecule has 0 spiro atoms. The maximum Gasteiger partial charge on any atom is 0.472 e. The summed E-state index contributed by atoms with van der Waals surface area (Å²) in [6, 6.07) is 0. The number of carbonyl (C=O) groups excluding carboxylic acids is 4. The first-order valence-corrected chi connectivity index (χ1v) is 39.8. The standard InChI is InChI=1S/C71H138O17P2/c1-9-62(6)48-40-32-24-18-15-16-20-27-37-45-53-70(75)87-66(57-81-68(73)51-43-35-26-19-14-12-13-17-23-31-39-47-61(4)5)59-85-89(77,78)83-55-65(72)56-84-90(79,80)86-60-67(58-82-69(74)52-44-36-30-29-34-42-50-64(8)11-3)88-71(76)54-46-38-28-22-21-25-33-41-49-63(7)10-2/h61-67,72H,9-60H2,1-8H3,(H,77,78)(H,79,80)/t62?,63?,64?,65-,66-,67-/m1/s1. The minimum absolute atomic E-state index is 0.104. The molecule has 0 aromatic carbocycles. The lowest BCUT2D eigenvalue weighted by molar-refractivity contribution is -0.161. The number of carbonyl (C=O) groups is 4. The molecule has 0 saturated carbocycles. The Labute approximate surface area is 549 Å². The smallest absolute Gasteiger partial charge is 0.462 e. The van der Waals surface area contributed by atoms with Crippen molar-refractivity contribution >= 4 is 39.5 Å². The first-order valence-electron chi connectivity index (χ1n) is 36.8. The van der Waals surface area contributed by atoms with Gasteiger partial charge in [0.05, 0.1) is 26.4 Å². The number of hydrogen-bond donors (Lipinski definition) is 3. The highest BCUT2D eigenvalue weighted by atomic mass is 31.2. The van der Waals surface area contributed by atoms with E-state index >= 15 is 0 Å².